The van der Waals surface area contributed by atoms with Crippen LogP contribution in [-0.2, 0) is 0 Å². The van der Waals surface area contributed by atoms with Crippen molar-refractivity contribution in [1.29, 1.82) is 0 Å². The maximum Gasteiger partial charge on any atom is 0.391 e. The molecule has 0 aromatic heterocycles. The van der Waals surface area contributed by atoms with Crippen LogP contribution in [0, 0.1) is 12.8 Å². The molecule has 1 aliphatic heterocycles. The Hall–Kier alpha value is -1.07. The Morgan fingerprint density at radius 2 is 1.76 bits per heavy atom. The molecule has 2 atom stereocenters. The predicted molar refractivity (Wildman–Crippen MR) is 77.9 cm³/mol. The minimum absolute atomic E-state index is 0.0135. The number of aryl methyl sites for hydroxylation is 1. The summed E-state index contributed by atoms with van der Waals surface area (Å²) in [6.07, 6.45) is -3.74. The zero-order valence-corrected chi connectivity index (χ0v) is 12.5. The van der Waals surface area contributed by atoms with E-state index in [2.05, 4.69) is 4.90 Å². The van der Waals surface area contributed by atoms with Gasteiger partial charge in [-0.25, -0.2) is 0 Å². The molecule has 2 N–H and O–H groups in total. The van der Waals surface area contributed by atoms with E-state index in [0.29, 0.717) is 13.1 Å². The standard InChI is InChI=1S/C16H23F3N2/c1-11-5-3-4-6-14(11)15(12(2)20)21-9-7-13(8-10-21)16(17,18)19/h3-6,12-13,15H,7-10,20H2,1-2H3. The molecule has 0 spiro atoms. The van der Waals surface area contributed by atoms with Gasteiger partial charge in [0, 0.05) is 12.1 Å². The van der Waals surface area contributed by atoms with E-state index in [1.807, 2.05) is 38.1 Å². The Morgan fingerprint density at radius 1 is 1.19 bits per heavy atom. The summed E-state index contributed by atoms with van der Waals surface area (Å²) >= 11 is 0. The Bertz CT molecular complexity index is 463. The summed E-state index contributed by atoms with van der Waals surface area (Å²) in [5.41, 5.74) is 8.38. The molecule has 1 saturated heterocycles. The molecule has 1 aromatic carbocycles. The number of likely N-dealkylation sites (tertiary alicyclic amines) is 1. The fourth-order valence-electron chi connectivity index (χ4n) is 3.24. The minimum atomic E-state index is -4.07. The van der Waals surface area contributed by atoms with Crippen molar-refractivity contribution in [1.82, 2.24) is 4.90 Å². The molecule has 1 heterocycles. The summed E-state index contributed by atoms with van der Waals surface area (Å²) in [5, 5.41) is 0. The molecule has 1 aromatic rings. The van der Waals surface area contributed by atoms with Crippen LogP contribution in [0.3, 0.4) is 0 Å². The first-order valence-electron chi connectivity index (χ1n) is 7.42. The normalized spacial score (nSPS) is 21.2. The highest BCUT2D eigenvalue weighted by Crippen LogP contribution is 2.37. The summed E-state index contributed by atoms with van der Waals surface area (Å²) in [5.74, 6) is -1.17. The van der Waals surface area contributed by atoms with Gasteiger partial charge in [-0.15, -0.1) is 0 Å². The number of nitrogens with two attached hydrogens (primary N) is 1. The number of rotatable bonds is 3. The van der Waals surface area contributed by atoms with Crippen molar-refractivity contribution in [2.24, 2.45) is 11.7 Å². The first-order chi connectivity index (χ1) is 9.80. The second-order valence-corrected chi connectivity index (χ2v) is 6.01. The third-order valence-corrected chi connectivity index (χ3v) is 4.39. The van der Waals surface area contributed by atoms with Crippen LogP contribution < -0.4 is 5.73 Å². The molecule has 5 heteroatoms. The van der Waals surface area contributed by atoms with E-state index < -0.39 is 12.1 Å². The number of benzene rings is 1. The molecule has 2 nitrogen and oxygen atoms in total. The van der Waals surface area contributed by atoms with Gasteiger partial charge in [0.1, 0.15) is 0 Å². The van der Waals surface area contributed by atoms with Crippen molar-refractivity contribution in [3.8, 4) is 0 Å². The van der Waals surface area contributed by atoms with Gasteiger partial charge in [0.15, 0.2) is 0 Å². The smallest absolute Gasteiger partial charge is 0.326 e. The molecule has 2 rings (SSSR count). The Balaban J connectivity index is 2.13. The lowest BCUT2D eigenvalue weighted by molar-refractivity contribution is -0.186. The Kier molecular flexibility index (Phi) is 4.94. The molecule has 118 valence electrons. The summed E-state index contributed by atoms with van der Waals surface area (Å²) in [4.78, 5) is 2.11. The molecule has 0 amide bonds. The quantitative estimate of drug-likeness (QED) is 0.923. The predicted octanol–water partition coefficient (Wildman–Crippen LogP) is 3.66. The maximum atomic E-state index is 12.8. The van der Waals surface area contributed by atoms with Crippen LogP contribution in [0.1, 0.15) is 36.9 Å². The van der Waals surface area contributed by atoms with Crippen LogP contribution in [0.15, 0.2) is 24.3 Å². The molecule has 0 saturated carbocycles. The van der Waals surface area contributed by atoms with Crippen molar-refractivity contribution in [3.05, 3.63) is 35.4 Å². The molecule has 21 heavy (non-hydrogen) atoms. The first kappa shape index (κ1) is 16.3. The number of hydrogen-bond donors (Lipinski definition) is 1. The fraction of sp³-hybridized carbons (Fsp3) is 0.625. The van der Waals surface area contributed by atoms with E-state index in [0.717, 1.165) is 11.1 Å². The molecule has 1 fully saturated rings. The summed E-state index contributed by atoms with van der Waals surface area (Å²) in [6.45, 7) is 4.84. The van der Waals surface area contributed by atoms with E-state index in [1.165, 1.54) is 0 Å². The van der Waals surface area contributed by atoms with Crippen molar-refractivity contribution in [2.75, 3.05) is 13.1 Å². The summed E-state index contributed by atoms with van der Waals surface area (Å²) in [7, 11) is 0. The van der Waals surface area contributed by atoms with Crippen molar-refractivity contribution < 1.29 is 13.2 Å². The Labute approximate surface area is 124 Å². The van der Waals surface area contributed by atoms with Gasteiger partial charge in [-0.05, 0) is 50.9 Å². The van der Waals surface area contributed by atoms with Gasteiger partial charge in [0.25, 0.3) is 0 Å². The van der Waals surface area contributed by atoms with Crippen LogP contribution in [0.2, 0.25) is 0 Å². The SMILES string of the molecule is Cc1ccccc1C(C(C)N)N1CCC(C(F)(F)F)CC1. The van der Waals surface area contributed by atoms with Crippen molar-refractivity contribution >= 4 is 0 Å². The first-order valence-corrected chi connectivity index (χ1v) is 7.42. The van der Waals surface area contributed by atoms with Crippen LogP contribution in [0.5, 0.6) is 0 Å². The Morgan fingerprint density at radius 3 is 2.24 bits per heavy atom. The minimum Gasteiger partial charge on any atom is -0.326 e. The van der Waals surface area contributed by atoms with Crippen molar-refractivity contribution in [3.63, 3.8) is 0 Å². The van der Waals surface area contributed by atoms with E-state index in [4.69, 9.17) is 5.73 Å². The second kappa shape index (κ2) is 6.36. The molecule has 0 aliphatic carbocycles. The largest absolute Gasteiger partial charge is 0.391 e. The summed E-state index contributed by atoms with van der Waals surface area (Å²) < 4.78 is 38.3. The highest BCUT2D eigenvalue weighted by Gasteiger charge is 2.42. The number of alkyl halides is 3. The monoisotopic (exact) mass is 300 g/mol. The zero-order valence-electron chi connectivity index (χ0n) is 12.5. The van der Waals surface area contributed by atoms with Crippen LogP contribution in [0.4, 0.5) is 13.2 Å². The molecular formula is C16H23F3N2. The van der Waals surface area contributed by atoms with E-state index >= 15 is 0 Å². The summed E-state index contributed by atoms with van der Waals surface area (Å²) in [6, 6.07) is 7.84. The average Bonchev–Trinajstić information content (AvgIpc) is 2.40. The van der Waals surface area contributed by atoms with Gasteiger partial charge in [-0.3, -0.25) is 4.90 Å². The highest BCUT2D eigenvalue weighted by molar-refractivity contribution is 5.30. The van der Waals surface area contributed by atoms with Gasteiger partial charge < -0.3 is 5.73 Å². The molecule has 1 aliphatic rings. The number of halogens is 3. The van der Waals surface area contributed by atoms with Gasteiger partial charge >= 0.3 is 6.18 Å². The fourth-order valence-corrected chi connectivity index (χ4v) is 3.24. The lowest BCUT2D eigenvalue weighted by Gasteiger charge is -2.40. The van der Waals surface area contributed by atoms with Gasteiger partial charge in [0.2, 0.25) is 0 Å². The topological polar surface area (TPSA) is 29.3 Å². The number of nitrogens with zero attached hydrogens (tertiary/aromatic N) is 1. The van der Waals surface area contributed by atoms with Gasteiger partial charge in [-0.2, -0.15) is 13.2 Å². The molecule has 0 bridgehead atoms. The van der Waals surface area contributed by atoms with Crippen LogP contribution in [0.25, 0.3) is 0 Å². The maximum absolute atomic E-state index is 12.8. The van der Waals surface area contributed by atoms with E-state index in [-0.39, 0.29) is 24.9 Å². The molecular weight excluding hydrogens is 277 g/mol. The number of piperidine rings is 1. The zero-order chi connectivity index (χ0) is 15.6. The van der Waals surface area contributed by atoms with E-state index in [9.17, 15) is 13.2 Å². The van der Waals surface area contributed by atoms with E-state index in [1.54, 1.807) is 0 Å². The van der Waals surface area contributed by atoms with Crippen molar-refractivity contribution in [2.45, 2.75) is 44.9 Å². The highest BCUT2D eigenvalue weighted by atomic mass is 19.4. The van der Waals surface area contributed by atoms with Crippen LogP contribution >= 0.6 is 0 Å². The molecule has 2 unspecified atom stereocenters. The lowest BCUT2D eigenvalue weighted by Crippen LogP contribution is -2.46. The molecule has 0 radical (unpaired) electrons. The third kappa shape index (κ3) is 3.77. The third-order valence-electron chi connectivity index (χ3n) is 4.39. The van der Waals surface area contributed by atoms with Crippen LogP contribution in [-0.4, -0.2) is 30.2 Å². The second-order valence-electron chi connectivity index (χ2n) is 6.01. The van der Waals surface area contributed by atoms with Gasteiger partial charge in [-0.1, -0.05) is 24.3 Å². The lowest BCUT2D eigenvalue weighted by atomic mass is 9.90. The van der Waals surface area contributed by atoms with Gasteiger partial charge in [0.05, 0.1) is 5.92 Å². The average molecular weight is 300 g/mol. The number of hydrogen-bond acceptors (Lipinski definition) is 2.